The number of rotatable bonds is 11. The molecule has 0 saturated carbocycles. The number of hydrogen-bond donors (Lipinski definition) is 3. The van der Waals surface area contributed by atoms with Crippen molar-refractivity contribution in [1.82, 2.24) is 20.4 Å². The Balaban J connectivity index is 1.31. The summed E-state index contributed by atoms with van der Waals surface area (Å²) in [5.41, 5.74) is 5.45. The first-order valence-corrected chi connectivity index (χ1v) is 13.6. The van der Waals surface area contributed by atoms with Crippen LogP contribution in [0.2, 0.25) is 0 Å². The first-order chi connectivity index (χ1) is 20.3. The molecule has 216 valence electrons. The van der Waals surface area contributed by atoms with Crippen molar-refractivity contribution in [3.63, 3.8) is 0 Å². The summed E-state index contributed by atoms with van der Waals surface area (Å²) in [6, 6.07) is 24.2. The van der Waals surface area contributed by atoms with E-state index in [1.54, 1.807) is 14.0 Å². The second kappa shape index (κ2) is 12.7. The van der Waals surface area contributed by atoms with Gasteiger partial charge < -0.3 is 25.2 Å². The minimum absolute atomic E-state index is 0.0558. The number of nitrogens with zero attached hydrogens (tertiary/aromatic N) is 2. The number of aromatic nitrogens is 2. The summed E-state index contributed by atoms with van der Waals surface area (Å²) >= 11 is 0. The van der Waals surface area contributed by atoms with Crippen molar-refractivity contribution >= 4 is 18.0 Å². The number of carboxylic acids is 1. The molecule has 0 spiro atoms. The highest BCUT2D eigenvalue weighted by Gasteiger charge is 2.34. The van der Waals surface area contributed by atoms with E-state index >= 15 is 0 Å². The molecule has 3 atom stereocenters. The molecule has 0 radical (unpaired) electrons. The maximum atomic E-state index is 13.5. The van der Waals surface area contributed by atoms with Crippen molar-refractivity contribution < 1.29 is 29.0 Å². The van der Waals surface area contributed by atoms with Crippen LogP contribution in [-0.2, 0) is 32.7 Å². The molecular formula is C32H32N4O6. The summed E-state index contributed by atoms with van der Waals surface area (Å²) in [6.07, 6.45) is -0.207. The van der Waals surface area contributed by atoms with Crippen LogP contribution in [0.4, 0.5) is 4.79 Å². The molecular weight excluding hydrogens is 536 g/mol. The lowest BCUT2D eigenvalue weighted by Gasteiger charge is -2.26. The van der Waals surface area contributed by atoms with Crippen LogP contribution in [0.1, 0.15) is 41.3 Å². The Morgan fingerprint density at radius 3 is 2.12 bits per heavy atom. The number of aliphatic carboxylic acids is 1. The van der Waals surface area contributed by atoms with E-state index in [9.17, 15) is 19.5 Å². The number of carbonyl (C=O) groups excluding carboxylic acids is 2. The van der Waals surface area contributed by atoms with Gasteiger partial charge >= 0.3 is 12.1 Å². The maximum absolute atomic E-state index is 13.5. The molecule has 1 heterocycles. The van der Waals surface area contributed by atoms with Crippen LogP contribution in [0, 0.1) is 0 Å². The molecule has 1 aliphatic rings. The molecule has 42 heavy (non-hydrogen) atoms. The second-order valence-electron chi connectivity index (χ2n) is 10.1. The highest BCUT2D eigenvalue weighted by atomic mass is 16.5. The summed E-state index contributed by atoms with van der Waals surface area (Å²) in [7, 11) is 1.58. The van der Waals surface area contributed by atoms with E-state index in [4.69, 9.17) is 9.47 Å². The molecule has 0 bridgehead atoms. The summed E-state index contributed by atoms with van der Waals surface area (Å²) in [4.78, 5) is 38.7. The molecule has 10 nitrogen and oxygen atoms in total. The number of alkyl carbamates (subject to hydrolysis) is 1. The lowest BCUT2D eigenvalue weighted by atomic mass is 9.98. The van der Waals surface area contributed by atoms with Crippen molar-refractivity contribution in [2.75, 3.05) is 6.61 Å². The Morgan fingerprint density at radius 2 is 1.52 bits per heavy atom. The first kappa shape index (κ1) is 28.6. The summed E-state index contributed by atoms with van der Waals surface area (Å²) in [6.45, 7) is 1.87. The van der Waals surface area contributed by atoms with Crippen LogP contribution in [0.3, 0.4) is 0 Å². The van der Waals surface area contributed by atoms with Gasteiger partial charge in [0.1, 0.15) is 12.6 Å². The van der Waals surface area contributed by atoms with Crippen molar-refractivity contribution in [2.45, 2.75) is 37.6 Å². The average Bonchev–Trinajstić information content (AvgIpc) is 3.57. The maximum Gasteiger partial charge on any atom is 0.407 e. The molecule has 3 N–H and O–H groups in total. The molecule has 0 aliphatic heterocycles. The predicted octanol–water partition coefficient (Wildman–Crippen LogP) is 4.17. The fourth-order valence-corrected chi connectivity index (χ4v) is 5.22. The fourth-order valence-electron chi connectivity index (χ4n) is 5.22. The molecule has 4 aromatic rings. The zero-order valence-electron chi connectivity index (χ0n) is 23.3. The molecule has 10 heteroatoms. The van der Waals surface area contributed by atoms with Gasteiger partial charge in [-0.25, -0.2) is 9.59 Å². The third kappa shape index (κ3) is 6.18. The van der Waals surface area contributed by atoms with Crippen molar-refractivity contribution in [3.8, 4) is 11.1 Å². The third-order valence-corrected chi connectivity index (χ3v) is 7.41. The third-order valence-electron chi connectivity index (χ3n) is 7.41. The van der Waals surface area contributed by atoms with Crippen LogP contribution in [-0.4, -0.2) is 51.6 Å². The number of amides is 2. The lowest BCUT2D eigenvalue weighted by Crippen LogP contribution is -2.54. The fraction of sp³-hybridized carbons (Fsp3) is 0.250. The molecule has 2 amide bonds. The van der Waals surface area contributed by atoms with Gasteiger partial charge in [-0.2, -0.15) is 5.10 Å². The van der Waals surface area contributed by atoms with Gasteiger partial charge in [-0.1, -0.05) is 78.9 Å². The lowest BCUT2D eigenvalue weighted by molar-refractivity contribution is -0.143. The quantitative estimate of drug-likeness (QED) is 0.247. The van der Waals surface area contributed by atoms with Gasteiger partial charge in [0.25, 0.3) is 0 Å². The minimum Gasteiger partial charge on any atom is -0.479 e. The van der Waals surface area contributed by atoms with Gasteiger partial charge in [-0.05, 0) is 40.8 Å². The first-order valence-electron chi connectivity index (χ1n) is 13.6. The van der Waals surface area contributed by atoms with Gasteiger partial charge in [0, 0.05) is 19.2 Å². The van der Waals surface area contributed by atoms with Gasteiger partial charge in [-0.3, -0.25) is 9.48 Å². The SMILES string of the molecule is C[C@H](OCc1ccccc1)[C@@H](NC(=O)OCC1c2ccccc2-c2ccccc21)C(=O)NC(C(=O)O)c1ccnn1C. The molecule has 0 fully saturated rings. The second-order valence-corrected chi connectivity index (χ2v) is 10.1. The molecule has 5 rings (SSSR count). The van der Waals surface area contributed by atoms with E-state index in [0.29, 0.717) is 0 Å². The standard InChI is InChI=1S/C32H32N4O6/c1-20(41-18-21-10-4-3-5-11-21)28(30(37)34-29(31(38)39)27-16-17-33-36(27)2)35-32(40)42-19-26-24-14-8-6-12-22(24)23-13-7-9-15-25(23)26/h3-17,20,26,28-29H,18-19H2,1-2H3,(H,34,37)(H,35,40)(H,38,39)/t20-,28+,29?/m0/s1. The molecule has 0 saturated heterocycles. The number of nitrogens with one attached hydrogen (secondary N) is 2. The molecule has 1 unspecified atom stereocenters. The largest absolute Gasteiger partial charge is 0.479 e. The predicted molar refractivity (Wildman–Crippen MR) is 154 cm³/mol. The number of fused-ring (bicyclic) bond motifs is 3. The van der Waals surface area contributed by atoms with E-state index in [1.807, 2.05) is 78.9 Å². The molecule has 1 aromatic heterocycles. The number of aryl methyl sites for hydroxylation is 1. The Morgan fingerprint density at radius 1 is 0.905 bits per heavy atom. The van der Waals surface area contributed by atoms with E-state index in [2.05, 4.69) is 15.7 Å². The zero-order valence-corrected chi connectivity index (χ0v) is 23.3. The number of carbonyl (C=O) groups is 3. The van der Waals surface area contributed by atoms with Crippen molar-refractivity contribution in [2.24, 2.45) is 7.05 Å². The Bertz CT molecular complexity index is 1520. The van der Waals surface area contributed by atoms with Crippen LogP contribution >= 0.6 is 0 Å². The molecule has 1 aliphatic carbocycles. The van der Waals surface area contributed by atoms with E-state index in [0.717, 1.165) is 27.8 Å². The van der Waals surface area contributed by atoms with Crippen LogP contribution in [0.15, 0.2) is 91.1 Å². The summed E-state index contributed by atoms with van der Waals surface area (Å²) < 4.78 is 13.0. The van der Waals surface area contributed by atoms with Gasteiger partial charge in [0.15, 0.2) is 6.04 Å². The summed E-state index contributed by atoms with van der Waals surface area (Å²) in [5, 5.41) is 19.0. The highest BCUT2D eigenvalue weighted by molar-refractivity contribution is 5.90. The number of hydrogen-bond acceptors (Lipinski definition) is 6. The van der Waals surface area contributed by atoms with Gasteiger partial charge in [0.2, 0.25) is 5.91 Å². The monoisotopic (exact) mass is 568 g/mol. The smallest absolute Gasteiger partial charge is 0.407 e. The Labute approximate surface area is 243 Å². The van der Waals surface area contributed by atoms with Crippen molar-refractivity contribution in [3.05, 3.63) is 114 Å². The number of ether oxygens (including phenoxy) is 2. The average molecular weight is 569 g/mol. The number of benzene rings is 3. The van der Waals surface area contributed by atoms with Gasteiger partial charge in [-0.15, -0.1) is 0 Å². The normalized spacial score (nSPS) is 14.2. The molecule has 3 aromatic carbocycles. The van der Waals surface area contributed by atoms with E-state index in [-0.39, 0.29) is 24.8 Å². The van der Waals surface area contributed by atoms with Crippen LogP contribution in [0.25, 0.3) is 11.1 Å². The highest BCUT2D eigenvalue weighted by Crippen LogP contribution is 2.44. The van der Waals surface area contributed by atoms with Gasteiger partial charge in [0.05, 0.1) is 18.4 Å². The minimum atomic E-state index is -1.39. The van der Waals surface area contributed by atoms with E-state index in [1.165, 1.54) is 16.9 Å². The Kier molecular flexibility index (Phi) is 8.63. The zero-order chi connectivity index (χ0) is 29.6. The van der Waals surface area contributed by atoms with Crippen molar-refractivity contribution in [1.29, 1.82) is 0 Å². The Hall–Kier alpha value is -4.96. The van der Waals surface area contributed by atoms with Crippen LogP contribution < -0.4 is 10.6 Å². The number of carboxylic acid groups (broad SMARTS) is 1. The van der Waals surface area contributed by atoms with E-state index < -0.39 is 36.2 Å². The topological polar surface area (TPSA) is 132 Å². The van der Waals surface area contributed by atoms with Crippen LogP contribution in [0.5, 0.6) is 0 Å². The summed E-state index contributed by atoms with van der Waals surface area (Å²) in [5.74, 6) is -2.18.